The minimum absolute atomic E-state index is 0.103. The SMILES string of the molecule is O=C(CC1Sc2ccc(Cl)cc2NC1=O)Nc1ccccc1[N+](=O)[O-]. The molecule has 9 heteroatoms. The van der Waals surface area contributed by atoms with Crippen molar-refractivity contribution in [2.45, 2.75) is 16.6 Å². The molecule has 1 aliphatic rings. The third-order valence-corrected chi connectivity index (χ3v) is 5.02. The molecular weight excluding hydrogens is 366 g/mol. The maximum absolute atomic E-state index is 12.2. The van der Waals surface area contributed by atoms with E-state index in [1.807, 2.05) is 0 Å². The lowest BCUT2D eigenvalue weighted by molar-refractivity contribution is -0.383. The Morgan fingerprint density at radius 2 is 2.08 bits per heavy atom. The average Bonchev–Trinajstić information content (AvgIpc) is 2.56. The summed E-state index contributed by atoms with van der Waals surface area (Å²) in [5.74, 6) is -0.781. The summed E-state index contributed by atoms with van der Waals surface area (Å²) in [6.07, 6.45) is -0.107. The van der Waals surface area contributed by atoms with Crippen LogP contribution < -0.4 is 10.6 Å². The van der Waals surface area contributed by atoms with E-state index in [2.05, 4.69) is 10.6 Å². The number of hydrogen-bond donors (Lipinski definition) is 2. The van der Waals surface area contributed by atoms with Crippen LogP contribution in [0.4, 0.5) is 17.1 Å². The number of anilines is 2. The molecule has 0 radical (unpaired) electrons. The molecule has 2 N–H and O–H groups in total. The largest absolute Gasteiger partial charge is 0.324 e. The number of benzene rings is 2. The van der Waals surface area contributed by atoms with Crippen molar-refractivity contribution in [1.29, 1.82) is 0 Å². The van der Waals surface area contributed by atoms with Crippen molar-refractivity contribution in [3.8, 4) is 0 Å². The summed E-state index contributed by atoms with van der Waals surface area (Å²) >= 11 is 7.15. The highest BCUT2D eigenvalue weighted by Crippen LogP contribution is 2.38. The number of para-hydroxylation sites is 2. The summed E-state index contributed by atoms with van der Waals surface area (Å²) in [6, 6.07) is 11.0. The van der Waals surface area contributed by atoms with Crippen molar-refractivity contribution in [3.05, 3.63) is 57.6 Å². The van der Waals surface area contributed by atoms with Gasteiger partial charge in [0.1, 0.15) is 5.69 Å². The van der Waals surface area contributed by atoms with Gasteiger partial charge >= 0.3 is 0 Å². The Morgan fingerprint density at radius 3 is 2.84 bits per heavy atom. The minimum atomic E-state index is -0.628. The number of thioether (sulfide) groups is 1. The Kier molecular flexibility index (Phi) is 4.91. The van der Waals surface area contributed by atoms with Gasteiger partial charge in [0.05, 0.1) is 15.9 Å². The maximum Gasteiger partial charge on any atom is 0.292 e. The smallest absolute Gasteiger partial charge is 0.292 e. The molecule has 1 unspecified atom stereocenters. The van der Waals surface area contributed by atoms with E-state index in [1.54, 1.807) is 24.3 Å². The zero-order chi connectivity index (χ0) is 18.0. The van der Waals surface area contributed by atoms with Gasteiger partial charge in [-0.1, -0.05) is 23.7 Å². The van der Waals surface area contributed by atoms with E-state index in [0.29, 0.717) is 10.7 Å². The van der Waals surface area contributed by atoms with E-state index in [1.165, 1.54) is 30.0 Å². The standard InChI is InChI=1S/C16H12ClN3O4S/c17-9-5-6-13-11(7-9)19-16(22)14(25-13)8-15(21)18-10-3-1-2-4-12(10)20(23)24/h1-7,14H,8H2,(H,18,21)(H,19,22). The zero-order valence-corrected chi connectivity index (χ0v) is 14.3. The molecule has 1 atom stereocenters. The lowest BCUT2D eigenvalue weighted by Gasteiger charge is -2.23. The fourth-order valence-electron chi connectivity index (χ4n) is 2.37. The van der Waals surface area contributed by atoms with Gasteiger partial charge < -0.3 is 10.6 Å². The van der Waals surface area contributed by atoms with Gasteiger partial charge in [-0.25, -0.2) is 0 Å². The summed E-state index contributed by atoms with van der Waals surface area (Å²) in [4.78, 5) is 35.6. The number of nitro groups is 1. The van der Waals surface area contributed by atoms with Gasteiger partial charge in [-0.3, -0.25) is 19.7 Å². The lowest BCUT2D eigenvalue weighted by Crippen LogP contribution is -2.32. The second-order valence-electron chi connectivity index (χ2n) is 5.26. The Bertz CT molecular complexity index is 874. The number of nitrogens with one attached hydrogen (secondary N) is 2. The van der Waals surface area contributed by atoms with Crippen LogP contribution in [0.5, 0.6) is 0 Å². The van der Waals surface area contributed by atoms with Gasteiger partial charge in [0.15, 0.2) is 0 Å². The van der Waals surface area contributed by atoms with Gasteiger partial charge in [0.2, 0.25) is 11.8 Å². The Balaban J connectivity index is 1.71. The summed E-state index contributed by atoms with van der Waals surface area (Å²) < 4.78 is 0. The minimum Gasteiger partial charge on any atom is -0.324 e. The lowest BCUT2D eigenvalue weighted by atomic mass is 10.2. The van der Waals surface area contributed by atoms with Gasteiger partial charge in [0.25, 0.3) is 5.69 Å². The number of nitrogens with zero attached hydrogens (tertiary/aromatic N) is 1. The second kappa shape index (κ2) is 7.12. The summed E-state index contributed by atoms with van der Waals surface area (Å²) in [7, 11) is 0. The Labute approximate surface area is 151 Å². The molecular formula is C16H12ClN3O4S. The average molecular weight is 378 g/mol. The highest BCUT2D eigenvalue weighted by atomic mass is 35.5. The number of halogens is 1. The van der Waals surface area contributed by atoms with Crippen LogP contribution in [-0.4, -0.2) is 22.0 Å². The van der Waals surface area contributed by atoms with Crippen LogP contribution in [0.3, 0.4) is 0 Å². The molecule has 1 aliphatic heterocycles. The van der Waals surface area contributed by atoms with E-state index in [4.69, 9.17) is 11.6 Å². The number of carbonyl (C=O) groups excluding carboxylic acids is 2. The van der Waals surface area contributed by atoms with E-state index in [-0.39, 0.29) is 23.7 Å². The number of fused-ring (bicyclic) bond motifs is 1. The first-order chi connectivity index (χ1) is 11.9. The molecule has 0 saturated carbocycles. The van der Waals surface area contributed by atoms with Crippen molar-refractivity contribution in [3.63, 3.8) is 0 Å². The first-order valence-electron chi connectivity index (χ1n) is 7.24. The Hall–Kier alpha value is -2.58. The van der Waals surface area contributed by atoms with E-state index < -0.39 is 16.1 Å². The van der Waals surface area contributed by atoms with Crippen LogP contribution in [0.25, 0.3) is 0 Å². The van der Waals surface area contributed by atoms with Gasteiger partial charge in [0, 0.05) is 22.4 Å². The third kappa shape index (κ3) is 3.92. The topological polar surface area (TPSA) is 101 Å². The molecule has 0 saturated heterocycles. The highest BCUT2D eigenvalue weighted by Gasteiger charge is 2.29. The van der Waals surface area contributed by atoms with Crippen molar-refractivity contribution < 1.29 is 14.5 Å². The van der Waals surface area contributed by atoms with Crippen LogP contribution in [-0.2, 0) is 9.59 Å². The molecule has 0 bridgehead atoms. The van der Waals surface area contributed by atoms with Crippen molar-refractivity contribution in [2.75, 3.05) is 10.6 Å². The third-order valence-electron chi connectivity index (χ3n) is 3.51. The summed E-state index contributed by atoms with van der Waals surface area (Å²) in [5.41, 5.74) is 0.514. The molecule has 0 spiro atoms. The molecule has 2 aromatic carbocycles. The van der Waals surface area contributed by atoms with E-state index >= 15 is 0 Å². The highest BCUT2D eigenvalue weighted by molar-refractivity contribution is 8.01. The number of amides is 2. The number of carbonyl (C=O) groups is 2. The van der Waals surface area contributed by atoms with Gasteiger partial charge in [-0.05, 0) is 24.3 Å². The van der Waals surface area contributed by atoms with Crippen LogP contribution in [0, 0.1) is 10.1 Å². The molecule has 7 nitrogen and oxygen atoms in total. The van der Waals surface area contributed by atoms with Crippen molar-refractivity contribution in [2.24, 2.45) is 0 Å². The first-order valence-corrected chi connectivity index (χ1v) is 8.50. The summed E-state index contributed by atoms with van der Waals surface area (Å²) in [6.45, 7) is 0. The molecule has 2 aromatic rings. The quantitative estimate of drug-likeness (QED) is 0.625. The van der Waals surface area contributed by atoms with Crippen molar-refractivity contribution in [1.82, 2.24) is 0 Å². The molecule has 25 heavy (non-hydrogen) atoms. The first kappa shape index (κ1) is 17.2. The van der Waals surface area contributed by atoms with Crippen molar-refractivity contribution >= 4 is 52.2 Å². The van der Waals surface area contributed by atoms with E-state index in [0.717, 1.165) is 4.90 Å². The summed E-state index contributed by atoms with van der Waals surface area (Å²) in [5, 5.41) is 16.1. The number of nitro benzene ring substituents is 1. The monoisotopic (exact) mass is 377 g/mol. The molecule has 2 amide bonds. The Morgan fingerprint density at radius 1 is 1.32 bits per heavy atom. The molecule has 128 valence electrons. The molecule has 0 aromatic heterocycles. The zero-order valence-electron chi connectivity index (χ0n) is 12.7. The van der Waals surface area contributed by atoms with E-state index in [9.17, 15) is 19.7 Å². The molecule has 0 aliphatic carbocycles. The number of hydrogen-bond acceptors (Lipinski definition) is 5. The second-order valence-corrected chi connectivity index (χ2v) is 6.94. The fourth-order valence-corrected chi connectivity index (χ4v) is 3.63. The van der Waals surface area contributed by atoms with Gasteiger partial charge in [-0.15, -0.1) is 11.8 Å². The van der Waals surface area contributed by atoms with Crippen LogP contribution in [0.2, 0.25) is 5.02 Å². The normalized spacial score (nSPS) is 15.9. The molecule has 0 fully saturated rings. The molecule has 1 heterocycles. The molecule has 3 rings (SSSR count). The maximum atomic E-state index is 12.2. The van der Waals surface area contributed by atoms with Crippen LogP contribution >= 0.6 is 23.4 Å². The predicted octanol–water partition coefficient (Wildman–Crippen LogP) is 3.69. The number of rotatable bonds is 4. The van der Waals surface area contributed by atoms with Crippen LogP contribution in [0.15, 0.2) is 47.4 Å². The fraction of sp³-hybridized carbons (Fsp3) is 0.125. The van der Waals surface area contributed by atoms with Crippen LogP contribution in [0.1, 0.15) is 6.42 Å². The predicted molar refractivity (Wildman–Crippen MR) is 96.1 cm³/mol. The van der Waals surface area contributed by atoms with Gasteiger partial charge in [-0.2, -0.15) is 0 Å².